The van der Waals surface area contributed by atoms with Crippen molar-refractivity contribution in [2.45, 2.75) is 38.7 Å². The van der Waals surface area contributed by atoms with Gasteiger partial charge < -0.3 is 10.2 Å². The van der Waals surface area contributed by atoms with Gasteiger partial charge >= 0.3 is 0 Å². The Kier molecular flexibility index (Phi) is 6.30. The Bertz CT molecular complexity index is 854. The zero-order valence-electron chi connectivity index (χ0n) is 16.2. The summed E-state index contributed by atoms with van der Waals surface area (Å²) in [4.78, 5) is 32.1. The standard InChI is InChI=1S/C21H24ClN3O2S/c1-21(2,3)20-25(19(27)15-8-4-5-9-16(15)22)17(13-28-20)18(26)24-12-14-7-6-10-23-11-14/h4-11,17,20H,12-13H2,1-3H3,(H,24,26). The Morgan fingerprint density at radius 3 is 2.64 bits per heavy atom. The van der Waals surface area contributed by atoms with Gasteiger partial charge in [-0.25, -0.2) is 0 Å². The van der Waals surface area contributed by atoms with E-state index in [9.17, 15) is 9.59 Å². The second-order valence-corrected chi connectivity index (χ2v) is 9.36. The molecule has 0 aliphatic carbocycles. The number of nitrogens with one attached hydrogen (secondary N) is 1. The van der Waals surface area contributed by atoms with Crippen LogP contribution in [0.15, 0.2) is 48.8 Å². The maximum atomic E-state index is 13.4. The Morgan fingerprint density at radius 1 is 1.25 bits per heavy atom. The summed E-state index contributed by atoms with van der Waals surface area (Å²) >= 11 is 7.90. The van der Waals surface area contributed by atoms with Gasteiger partial charge in [0.2, 0.25) is 5.91 Å². The van der Waals surface area contributed by atoms with Crippen LogP contribution in [0.5, 0.6) is 0 Å². The monoisotopic (exact) mass is 417 g/mol. The fourth-order valence-corrected chi connectivity index (χ4v) is 5.00. The number of hydrogen-bond donors (Lipinski definition) is 1. The summed E-state index contributed by atoms with van der Waals surface area (Å²) in [6.45, 7) is 6.61. The molecular weight excluding hydrogens is 394 g/mol. The first-order chi connectivity index (χ1) is 13.3. The number of benzene rings is 1. The summed E-state index contributed by atoms with van der Waals surface area (Å²) < 4.78 is 0. The number of carbonyl (C=O) groups excluding carboxylic acids is 2. The molecule has 1 fully saturated rings. The summed E-state index contributed by atoms with van der Waals surface area (Å²) in [5, 5.41) is 3.22. The van der Waals surface area contributed by atoms with Crippen molar-refractivity contribution in [2.24, 2.45) is 5.41 Å². The third kappa shape index (κ3) is 4.50. The highest BCUT2D eigenvalue weighted by molar-refractivity contribution is 8.00. The third-order valence-electron chi connectivity index (χ3n) is 4.57. The minimum atomic E-state index is -0.547. The molecule has 7 heteroatoms. The summed E-state index contributed by atoms with van der Waals surface area (Å²) in [5.74, 6) is 0.178. The van der Waals surface area contributed by atoms with E-state index in [0.717, 1.165) is 5.56 Å². The van der Waals surface area contributed by atoms with Crippen molar-refractivity contribution >= 4 is 35.2 Å². The van der Waals surface area contributed by atoms with Gasteiger partial charge in [0.15, 0.2) is 0 Å². The fourth-order valence-electron chi connectivity index (χ4n) is 3.21. The average Bonchev–Trinajstić information content (AvgIpc) is 3.12. The molecule has 0 spiro atoms. The average molecular weight is 418 g/mol. The van der Waals surface area contributed by atoms with Crippen molar-refractivity contribution in [3.63, 3.8) is 0 Å². The summed E-state index contributed by atoms with van der Waals surface area (Å²) in [6, 6.07) is 10.2. The Labute approximate surface area is 174 Å². The second kappa shape index (κ2) is 8.53. The van der Waals surface area contributed by atoms with E-state index in [0.29, 0.717) is 22.9 Å². The highest BCUT2D eigenvalue weighted by Crippen LogP contribution is 2.41. The minimum absolute atomic E-state index is 0.120. The molecule has 5 nitrogen and oxygen atoms in total. The number of carbonyl (C=O) groups is 2. The van der Waals surface area contributed by atoms with E-state index in [4.69, 9.17) is 11.6 Å². The highest BCUT2D eigenvalue weighted by atomic mass is 35.5. The summed E-state index contributed by atoms with van der Waals surface area (Å²) in [6.07, 6.45) is 3.41. The van der Waals surface area contributed by atoms with Crippen molar-refractivity contribution in [2.75, 3.05) is 5.75 Å². The number of amides is 2. The number of aromatic nitrogens is 1. The molecule has 1 aromatic heterocycles. The van der Waals surface area contributed by atoms with Crippen molar-refractivity contribution in [3.05, 3.63) is 64.9 Å². The molecule has 28 heavy (non-hydrogen) atoms. The molecule has 0 bridgehead atoms. The van der Waals surface area contributed by atoms with E-state index in [-0.39, 0.29) is 22.6 Å². The lowest BCUT2D eigenvalue weighted by Crippen LogP contribution is -2.52. The molecule has 148 valence electrons. The van der Waals surface area contributed by atoms with Crippen LogP contribution in [0.2, 0.25) is 5.02 Å². The quantitative estimate of drug-likeness (QED) is 0.817. The minimum Gasteiger partial charge on any atom is -0.350 e. The summed E-state index contributed by atoms with van der Waals surface area (Å²) in [7, 11) is 0. The molecule has 0 radical (unpaired) electrons. The van der Waals surface area contributed by atoms with Gasteiger partial charge in [-0.1, -0.05) is 50.6 Å². The van der Waals surface area contributed by atoms with Crippen molar-refractivity contribution < 1.29 is 9.59 Å². The first kappa shape index (κ1) is 20.7. The number of nitrogens with zero attached hydrogens (tertiary/aromatic N) is 2. The number of thioether (sulfide) groups is 1. The lowest BCUT2D eigenvalue weighted by Gasteiger charge is -2.36. The van der Waals surface area contributed by atoms with Crippen LogP contribution in [0.25, 0.3) is 0 Å². The topological polar surface area (TPSA) is 62.3 Å². The van der Waals surface area contributed by atoms with Gasteiger partial charge in [0, 0.05) is 24.7 Å². The van der Waals surface area contributed by atoms with Crippen LogP contribution in [0.3, 0.4) is 0 Å². The fraction of sp³-hybridized carbons (Fsp3) is 0.381. The lowest BCUT2D eigenvalue weighted by atomic mass is 9.94. The second-order valence-electron chi connectivity index (χ2n) is 7.84. The molecule has 3 rings (SSSR count). The largest absolute Gasteiger partial charge is 0.350 e. The molecule has 1 N–H and O–H groups in total. The van der Waals surface area contributed by atoms with Crippen LogP contribution < -0.4 is 5.32 Å². The smallest absolute Gasteiger partial charge is 0.256 e. The Morgan fingerprint density at radius 2 is 2.00 bits per heavy atom. The van der Waals surface area contributed by atoms with Crippen LogP contribution >= 0.6 is 23.4 Å². The number of hydrogen-bond acceptors (Lipinski definition) is 4. The maximum Gasteiger partial charge on any atom is 0.256 e. The Hall–Kier alpha value is -2.05. The van der Waals surface area contributed by atoms with Crippen molar-refractivity contribution in [1.82, 2.24) is 15.2 Å². The molecular formula is C21H24ClN3O2S. The van der Waals surface area contributed by atoms with Gasteiger partial charge in [-0.2, -0.15) is 0 Å². The third-order valence-corrected chi connectivity index (χ3v) is 6.66. The highest BCUT2D eigenvalue weighted by Gasteiger charge is 2.46. The first-order valence-corrected chi connectivity index (χ1v) is 10.6. The molecule has 2 atom stereocenters. The van der Waals surface area contributed by atoms with E-state index in [1.807, 2.05) is 12.1 Å². The maximum absolute atomic E-state index is 13.4. The van der Waals surface area contributed by atoms with E-state index in [1.165, 1.54) is 0 Å². The predicted octanol–water partition coefficient (Wildman–Crippen LogP) is 3.98. The molecule has 0 saturated carbocycles. The lowest BCUT2D eigenvalue weighted by molar-refractivity contribution is -0.125. The normalized spacial score (nSPS) is 19.5. The van der Waals surface area contributed by atoms with Crippen LogP contribution in [-0.4, -0.2) is 38.9 Å². The molecule has 1 aliphatic heterocycles. The zero-order chi connectivity index (χ0) is 20.3. The van der Waals surface area contributed by atoms with Gasteiger partial charge in [0.25, 0.3) is 5.91 Å². The van der Waals surface area contributed by atoms with Gasteiger partial charge in [-0.3, -0.25) is 14.6 Å². The van der Waals surface area contributed by atoms with E-state index in [2.05, 4.69) is 31.1 Å². The van der Waals surface area contributed by atoms with Gasteiger partial charge in [0.1, 0.15) is 6.04 Å². The van der Waals surface area contributed by atoms with E-state index >= 15 is 0 Å². The van der Waals surface area contributed by atoms with Crippen LogP contribution in [0.1, 0.15) is 36.7 Å². The van der Waals surface area contributed by atoms with E-state index in [1.54, 1.807) is 53.3 Å². The van der Waals surface area contributed by atoms with Crippen molar-refractivity contribution in [3.8, 4) is 0 Å². The van der Waals surface area contributed by atoms with Crippen LogP contribution in [-0.2, 0) is 11.3 Å². The SMILES string of the molecule is CC(C)(C)C1SCC(C(=O)NCc2cccnc2)N1C(=O)c1ccccc1Cl. The van der Waals surface area contributed by atoms with Gasteiger partial charge in [0.05, 0.1) is 16.0 Å². The number of halogens is 1. The zero-order valence-corrected chi connectivity index (χ0v) is 17.8. The molecule has 2 heterocycles. The molecule has 1 aliphatic rings. The Balaban J connectivity index is 1.83. The first-order valence-electron chi connectivity index (χ1n) is 9.14. The summed E-state index contributed by atoms with van der Waals surface area (Å²) in [5.41, 5.74) is 1.16. The van der Waals surface area contributed by atoms with Crippen molar-refractivity contribution in [1.29, 1.82) is 0 Å². The van der Waals surface area contributed by atoms with Crippen LogP contribution in [0, 0.1) is 5.41 Å². The molecule has 2 unspecified atom stereocenters. The van der Waals surface area contributed by atoms with E-state index < -0.39 is 6.04 Å². The molecule has 1 aromatic carbocycles. The molecule has 1 saturated heterocycles. The van der Waals surface area contributed by atoms with Gasteiger partial charge in [-0.05, 0) is 29.2 Å². The van der Waals surface area contributed by atoms with Crippen LogP contribution in [0.4, 0.5) is 0 Å². The predicted molar refractivity (Wildman–Crippen MR) is 113 cm³/mol. The van der Waals surface area contributed by atoms with Gasteiger partial charge in [-0.15, -0.1) is 11.8 Å². The number of rotatable bonds is 4. The molecule has 2 aromatic rings. The number of pyridine rings is 1. The molecule has 2 amide bonds.